The Morgan fingerprint density at radius 3 is 2.50 bits per heavy atom. The Balaban J connectivity index is 2.12. The van der Waals surface area contributed by atoms with Gasteiger partial charge in [0.25, 0.3) is 5.91 Å². The zero-order valence-corrected chi connectivity index (χ0v) is 13.5. The quantitative estimate of drug-likeness (QED) is 0.640. The Morgan fingerprint density at radius 2 is 1.91 bits per heavy atom. The molecule has 0 aliphatic carbocycles. The fourth-order valence-electron chi connectivity index (χ4n) is 2.13. The van der Waals surface area contributed by atoms with E-state index in [-0.39, 0.29) is 18.9 Å². The van der Waals surface area contributed by atoms with Crippen molar-refractivity contribution < 1.29 is 19.4 Å². The first-order chi connectivity index (χ1) is 10.4. The van der Waals surface area contributed by atoms with Crippen LogP contribution in [0.25, 0.3) is 0 Å². The minimum atomic E-state index is -0.758. The summed E-state index contributed by atoms with van der Waals surface area (Å²) in [6, 6.07) is 0. The van der Waals surface area contributed by atoms with Gasteiger partial charge in [-0.25, -0.2) is 0 Å². The number of carbonyl (C=O) groups is 2. The number of hydrogen-bond acceptors (Lipinski definition) is 4. The number of carbonyl (C=O) groups excluding carboxylic acids is 1. The third-order valence-electron chi connectivity index (χ3n) is 3.43. The van der Waals surface area contributed by atoms with Crippen LogP contribution in [0.4, 0.5) is 0 Å². The van der Waals surface area contributed by atoms with Crippen molar-refractivity contribution in [2.75, 3.05) is 13.2 Å². The topological polar surface area (TPSA) is 93.5 Å². The van der Waals surface area contributed by atoms with Crippen molar-refractivity contribution in [3.8, 4) is 5.75 Å². The van der Waals surface area contributed by atoms with E-state index in [0.29, 0.717) is 18.7 Å². The summed E-state index contributed by atoms with van der Waals surface area (Å²) in [5.41, 5.74) is 1.66. The molecule has 0 aromatic carbocycles. The summed E-state index contributed by atoms with van der Waals surface area (Å²) < 4.78 is 7.23. The van der Waals surface area contributed by atoms with E-state index in [1.807, 2.05) is 20.9 Å². The van der Waals surface area contributed by atoms with Gasteiger partial charge in [-0.05, 0) is 26.7 Å². The van der Waals surface area contributed by atoms with E-state index in [1.54, 1.807) is 4.68 Å². The molecule has 1 rings (SSSR count). The van der Waals surface area contributed by atoms with Gasteiger partial charge in [-0.2, -0.15) is 5.10 Å². The van der Waals surface area contributed by atoms with Crippen LogP contribution < -0.4 is 10.1 Å². The number of aryl methyl sites for hydroxylation is 2. The van der Waals surface area contributed by atoms with Crippen molar-refractivity contribution in [2.45, 2.75) is 46.0 Å². The fraction of sp³-hybridized carbons (Fsp3) is 0.667. The molecule has 0 saturated carbocycles. The summed E-state index contributed by atoms with van der Waals surface area (Å²) in [6.45, 7) is 4.30. The molecular formula is C15H25N3O4. The van der Waals surface area contributed by atoms with E-state index < -0.39 is 5.97 Å². The largest absolute Gasteiger partial charge is 0.481 e. The van der Waals surface area contributed by atoms with Crippen molar-refractivity contribution in [3.63, 3.8) is 0 Å². The molecule has 0 bridgehead atoms. The van der Waals surface area contributed by atoms with Gasteiger partial charge in [0.05, 0.1) is 5.69 Å². The molecule has 0 radical (unpaired) electrons. The van der Waals surface area contributed by atoms with Gasteiger partial charge in [-0.15, -0.1) is 0 Å². The molecule has 7 heteroatoms. The normalized spacial score (nSPS) is 10.5. The Labute approximate surface area is 130 Å². The predicted molar refractivity (Wildman–Crippen MR) is 81.9 cm³/mol. The molecule has 0 atom stereocenters. The lowest BCUT2D eigenvalue weighted by molar-refractivity contribution is -0.137. The Morgan fingerprint density at radius 1 is 1.23 bits per heavy atom. The van der Waals surface area contributed by atoms with Crippen molar-refractivity contribution in [1.29, 1.82) is 0 Å². The molecule has 22 heavy (non-hydrogen) atoms. The second kappa shape index (κ2) is 9.07. The predicted octanol–water partition coefficient (Wildman–Crippen LogP) is 1.57. The fourth-order valence-corrected chi connectivity index (χ4v) is 2.13. The molecule has 0 fully saturated rings. The van der Waals surface area contributed by atoms with Crippen LogP contribution in [-0.4, -0.2) is 39.9 Å². The first-order valence-corrected chi connectivity index (χ1v) is 7.53. The third kappa shape index (κ3) is 6.15. The molecule has 7 nitrogen and oxygen atoms in total. The summed E-state index contributed by atoms with van der Waals surface area (Å²) in [4.78, 5) is 22.0. The number of hydrogen-bond donors (Lipinski definition) is 2. The first kappa shape index (κ1) is 18.0. The van der Waals surface area contributed by atoms with Crippen LogP contribution in [0.3, 0.4) is 0 Å². The number of unbranched alkanes of at least 4 members (excludes halogenated alkanes) is 3. The number of aliphatic carboxylic acids is 1. The first-order valence-electron chi connectivity index (χ1n) is 7.53. The van der Waals surface area contributed by atoms with E-state index in [2.05, 4.69) is 10.4 Å². The number of nitrogens with zero attached hydrogens (tertiary/aromatic N) is 2. The minimum absolute atomic E-state index is 0.0214. The van der Waals surface area contributed by atoms with E-state index in [4.69, 9.17) is 9.84 Å². The van der Waals surface area contributed by atoms with Crippen LogP contribution in [0.2, 0.25) is 0 Å². The zero-order chi connectivity index (χ0) is 16.5. The molecule has 0 unspecified atom stereocenters. The van der Waals surface area contributed by atoms with Crippen LogP contribution in [0.5, 0.6) is 5.75 Å². The number of carboxylic acids is 1. The number of ether oxygens (including phenoxy) is 1. The molecule has 0 aliphatic rings. The van der Waals surface area contributed by atoms with Crippen molar-refractivity contribution in [1.82, 2.24) is 15.1 Å². The Kier molecular flexibility index (Phi) is 7.42. The second-order valence-corrected chi connectivity index (χ2v) is 5.32. The van der Waals surface area contributed by atoms with Crippen LogP contribution in [0.15, 0.2) is 0 Å². The van der Waals surface area contributed by atoms with Crippen molar-refractivity contribution >= 4 is 11.9 Å². The summed E-state index contributed by atoms with van der Waals surface area (Å²) in [7, 11) is 1.83. The van der Waals surface area contributed by atoms with E-state index in [1.165, 1.54) is 0 Å². The maximum atomic E-state index is 11.7. The molecule has 0 aliphatic heterocycles. The van der Waals surface area contributed by atoms with Gasteiger partial charge in [0.15, 0.2) is 12.4 Å². The van der Waals surface area contributed by atoms with Gasteiger partial charge < -0.3 is 15.2 Å². The highest BCUT2D eigenvalue weighted by Crippen LogP contribution is 2.20. The highest BCUT2D eigenvalue weighted by molar-refractivity contribution is 5.77. The molecule has 1 heterocycles. The average Bonchev–Trinajstić information content (AvgIpc) is 2.69. The van der Waals surface area contributed by atoms with Gasteiger partial charge >= 0.3 is 5.97 Å². The van der Waals surface area contributed by atoms with Gasteiger partial charge in [0.2, 0.25) is 0 Å². The SMILES string of the molecule is Cc1nn(C)c(C)c1OCC(=O)NCCCCCCC(=O)O. The minimum Gasteiger partial charge on any atom is -0.481 e. The van der Waals surface area contributed by atoms with Gasteiger partial charge in [-0.1, -0.05) is 12.8 Å². The highest BCUT2D eigenvalue weighted by atomic mass is 16.5. The maximum absolute atomic E-state index is 11.7. The number of amides is 1. The van der Waals surface area contributed by atoms with Crippen molar-refractivity contribution in [2.24, 2.45) is 7.05 Å². The molecule has 1 aromatic rings. The van der Waals surface area contributed by atoms with Gasteiger partial charge in [-0.3, -0.25) is 14.3 Å². The molecule has 124 valence electrons. The van der Waals surface area contributed by atoms with Gasteiger partial charge in [0, 0.05) is 20.0 Å². The molecule has 1 amide bonds. The van der Waals surface area contributed by atoms with E-state index >= 15 is 0 Å². The summed E-state index contributed by atoms with van der Waals surface area (Å²) in [5, 5.41) is 15.5. The smallest absolute Gasteiger partial charge is 0.303 e. The number of rotatable bonds is 10. The van der Waals surface area contributed by atoms with Gasteiger partial charge in [0.1, 0.15) is 5.69 Å². The average molecular weight is 311 g/mol. The monoisotopic (exact) mass is 311 g/mol. The molecule has 0 saturated heterocycles. The lowest BCUT2D eigenvalue weighted by atomic mass is 10.1. The van der Waals surface area contributed by atoms with E-state index in [0.717, 1.165) is 30.7 Å². The van der Waals surface area contributed by atoms with Crippen LogP contribution in [-0.2, 0) is 16.6 Å². The van der Waals surface area contributed by atoms with Crippen LogP contribution in [0, 0.1) is 13.8 Å². The Hall–Kier alpha value is -2.05. The lowest BCUT2D eigenvalue weighted by Crippen LogP contribution is -2.29. The molecular weight excluding hydrogens is 286 g/mol. The number of carboxylic acid groups (broad SMARTS) is 1. The number of aromatic nitrogens is 2. The zero-order valence-electron chi connectivity index (χ0n) is 13.5. The lowest BCUT2D eigenvalue weighted by Gasteiger charge is -2.07. The van der Waals surface area contributed by atoms with Crippen LogP contribution >= 0.6 is 0 Å². The van der Waals surface area contributed by atoms with E-state index in [9.17, 15) is 9.59 Å². The molecule has 1 aromatic heterocycles. The molecule has 2 N–H and O–H groups in total. The second-order valence-electron chi connectivity index (χ2n) is 5.32. The highest BCUT2D eigenvalue weighted by Gasteiger charge is 2.12. The molecule has 0 spiro atoms. The maximum Gasteiger partial charge on any atom is 0.303 e. The van der Waals surface area contributed by atoms with Crippen LogP contribution in [0.1, 0.15) is 43.5 Å². The Bertz CT molecular complexity index is 511. The summed E-state index contributed by atoms with van der Waals surface area (Å²) in [5.74, 6) is -0.258. The van der Waals surface area contributed by atoms with Crippen molar-refractivity contribution in [3.05, 3.63) is 11.4 Å². The summed E-state index contributed by atoms with van der Waals surface area (Å²) >= 11 is 0. The number of nitrogens with one attached hydrogen (secondary N) is 1. The summed E-state index contributed by atoms with van der Waals surface area (Å²) in [6.07, 6.45) is 3.52. The standard InChI is InChI=1S/C15H25N3O4/c1-11-15(12(2)18(3)17-11)22-10-13(19)16-9-7-5-4-6-8-14(20)21/h4-10H2,1-3H3,(H,16,19)(H,20,21). The third-order valence-corrected chi connectivity index (χ3v) is 3.43.